The Morgan fingerprint density at radius 3 is 2.95 bits per heavy atom. The molecule has 0 saturated heterocycles. The van der Waals surface area contributed by atoms with Gasteiger partial charge in [0.25, 0.3) is 0 Å². The predicted octanol–water partition coefficient (Wildman–Crippen LogP) is -0.166. The Morgan fingerprint density at radius 1 is 1.42 bits per heavy atom. The van der Waals surface area contributed by atoms with Crippen LogP contribution in [0.2, 0.25) is 0 Å². The number of fused-ring (bicyclic) bond motifs is 1. The molecule has 1 aromatic heterocycles. The number of aromatic amines is 1. The van der Waals surface area contributed by atoms with Crippen molar-refractivity contribution >= 4 is 5.91 Å². The summed E-state index contributed by atoms with van der Waals surface area (Å²) in [6.07, 6.45) is 3.37. The zero-order chi connectivity index (χ0) is 13.8. The minimum absolute atomic E-state index is 0.139. The van der Waals surface area contributed by atoms with Gasteiger partial charge < -0.3 is 14.8 Å². The monoisotopic (exact) mass is 265 g/mol. The first-order valence-corrected chi connectivity index (χ1v) is 6.72. The Bertz CT molecular complexity index is 428. The first kappa shape index (κ1) is 14.0. The molecule has 0 aromatic carbocycles. The normalized spacial score (nSPS) is 18.4. The molecular weight excluding hydrogens is 242 g/mol. The number of imidazole rings is 1. The highest BCUT2D eigenvalue weighted by molar-refractivity contribution is 5.82. The third-order valence-electron chi connectivity index (χ3n) is 3.50. The van der Waals surface area contributed by atoms with Crippen LogP contribution in [0.1, 0.15) is 17.8 Å². The van der Waals surface area contributed by atoms with E-state index in [4.69, 9.17) is 0 Å². The van der Waals surface area contributed by atoms with Gasteiger partial charge in [0.15, 0.2) is 0 Å². The van der Waals surface area contributed by atoms with Crippen LogP contribution in [0.4, 0.5) is 0 Å². The number of amides is 1. The largest absolute Gasteiger partial charge is 0.347 e. The van der Waals surface area contributed by atoms with Crippen molar-refractivity contribution in [2.45, 2.75) is 25.4 Å². The molecular formula is C13H23N5O. The lowest BCUT2D eigenvalue weighted by Crippen LogP contribution is -2.48. The molecule has 0 fully saturated rings. The first-order chi connectivity index (χ1) is 9.08. The quantitative estimate of drug-likeness (QED) is 0.776. The second-order valence-corrected chi connectivity index (χ2v) is 5.38. The van der Waals surface area contributed by atoms with Crippen LogP contribution in [-0.2, 0) is 17.8 Å². The summed E-state index contributed by atoms with van der Waals surface area (Å²) in [6.45, 7) is 2.49. The van der Waals surface area contributed by atoms with Crippen LogP contribution < -0.4 is 5.32 Å². The van der Waals surface area contributed by atoms with Crippen molar-refractivity contribution in [3.8, 4) is 0 Å². The number of rotatable bonds is 5. The van der Waals surface area contributed by atoms with E-state index in [9.17, 15) is 4.79 Å². The topological polar surface area (TPSA) is 64.3 Å². The van der Waals surface area contributed by atoms with Crippen molar-refractivity contribution in [1.29, 1.82) is 0 Å². The molecule has 1 aromatic rings. The molecule has 6 nitrogen and oxygen atoms in total. The van der Waals surface area contributed by atoms with Crippen LogP contribution in [0.3, 0.4) is 0 Å². The van der Waals surface area contributed by atoms with E-state index in [-0.39, 0.29) is 11.9 Å². The van der Waals surface area contributed by atoms with E-state index in [1.165, 1.54) is 0 Å². The number of likely N-dealkylation sites (N-methyl/N-ethyl adjacent to an activating group) is 1. The summed E-state index contributed by atoms with van der Waals surface area (Å²) in [5.41, 5.74) is 2.11. The van der Waals surface area contributed by atoms with E-state index in [0.29, 0.717) is 13.0 Å². The lowest BCUT2D eigenvalue weighted by molar-refractivity contribution is -0.132. The predicted molar refractivity (Wildman–Crippen MR) is 73.7 cm³/mol. The van der Waals surface area contributed by atoms with E-state index in [2.05, 4.69) is 20.2 Å². The van der Waals surface area contributed by atoms with Gasteiger partial charge in [0.2, 0.25) is 5.91 Å². The fourth-order valence-corrected chi connectivity index (χ4v) is 2.34. The van der Waals surface area contributed by atoms with E-state index < -0.39 is 0 Å². The summed E-state index contributed by atoms with van der Waals surface area (Å²) in [4.78, 5) is 23.6. The van der Waals surface area contributed by atoms with E-state index in [0.717, 1.165) is 30.9 Å². The molecule has 0 aliphatic carbocycles. The van der Waals surface area contributed by atoms with Crippen LogP contribution in [-0.4, -0.2) is 65.9 Å². The molecule has 0 bridgehead atoms. The van der Waals surface area contributed by atoms with Crippen molar-refractivity contribution in [2.75, 3.05) is 34.2 Å². The molecule has 2 rings (SSSR count). The molecule has 1 aliphatic heterocycles. The van der Waals surface area contributed by atoms with E-state index >= 15 is 0 Å². The standard InChI is InChI=1S/C13H23N5O/c1-17(2)5-4-6-18(3)13(19)11-7-10-12(8-14-11)16-9-15-10/h9,11,14H,4-8H2,1-3H3,(H,15,16). The molecule has 1 amide bonds. The lowest BCUT2D eigenvalue weighted by Gasteiger charge is -2.27. The molecule has 106 valence electrons. The molecule has 0 saturated carbocycles. The average molecular weight is 265 g/mol. The Hall–Kier alpha value is -1.40. The Kier molecular flexibility index (Phi) is 4.55. The number of carbonyl (C=O) groups excluding carboxylic acids is 1. The maximum Gasteiger partial charge on any atom is 0.239 e. The Morgan fingerprint density at radius 2 is 2.21 bits per heavy atom. The highest BCUT2D eigenvalue weighted by Gasteiger charge is 2.27. The third-order valence-corrected chi connectivity index (χ3v) is 3.50. The highest BCUT2D eigenvalue weighted by atomic mass is 16.2. The average Bonchev–Trinajstić information content (AvgIpc) is 2.84. The zero-order valence-electron chi connectivity index (χ0n) is 11.9. The second-order valence-electron chi connectivity index (χ2n) is 5.38. The lowest BCUT2D eigenvalue weighted by atomic mass is 10.0. The third kappa shape index (κ3) is 3.54. The molecule has 2 N–H and O–H groups in total. The minimum Gasteiger partial charge on any atom is -0.347 e. The molecule has 1 aliphatic rings. The number of H-pyrrole nitrogens is 1. The van der Waals surface area contributed by atoms with Gasteiger partial charge in [0.1, 0.15) is 0 Å². The smallest absolute Gasteiger partial charge is 0.239 e. The number of hydrogen-bond acceptors (Lipinski definition) is 4. The number of aromatic nitrogens is 2. The van der Waals surface area contributed by atoms with E-state index in [1.54, 1.807) is 6.33 Å². The summed E-state index contributed by atoms with van der Waals surface area (Å²) in [5, 5.41) is 3.27. The van der Waals surface area contributed by atoms with Gasteiger partial charge in [-0.2, -0.15) is 0 Å². The van der Waals surface area contributed by atoms with Crippen molar-refractivity contribution in [2.24, 2.45) is 0 Å². The molecule has 0 spiro atoms. The molecule has 2 heterocycles. The SMILES string of the molecule is CN(C)CCCN(C)C(=O)C1Cc2nc[nH]c2CN1. The fraction of sp³-hybridized carbons (Fsp3) is 0.692. The van der Waals surface area contributed by atoms with Gasteiger partial charge in [-0.15, -0.1) is 0 Å². The molecule has 6 heteroatoms. The number of hydrogen-bond donors (Lipinski definition) is 2. The molecule has 1 atom stereocenters. The Balaban J connectivity index is 1.83. The summed E-state index contributed by atoms with van der Waals surface area (Å²) < 4.78 is 0. The van der Waals surface area contributed by atoms with Gasteiger partial charge in [-0.05, 0) is 27.1 Å². The van der Waals surface area contributed by atoms with Gasteiger partial charge in [-0.1, -0.05) is 0 Å². The van der Waals surface area contributed by atoms with Crippen molar-refractivity contribution in [3.63, 3.8) is 0 Å². The van der Waals surface area contributed by atoms with Crippen LogP contribution in [0.5, 0.6) is 0 Å². The molecule has 19 heavy (non-hydrogen) atoms. The van der Waals surface area contributed by atoms with Crippen LogP contribution in [0.15, 0.2) is 6.33 Å². The highest BCUT2D eigenvalue weighted by Crippen LogP contribution is 2.13. The van der Waals surface area contributed by atoms with Crippen LogP contribution in [0, 0.1) is 0 Å². The summed E-state index contributed by atoms with van der Waals surface area (Å²) in [5.74, 6) is 0.160. The van der Waals surface area contributed by atoms with Crippen molar-refractivity contribution in [3.05, 3.63) is 17.7 Å². The van der Waals surface area contributed by atoms with Gasteiger partial charge >= 0.3 is 0 Å². The van der Waals surface area contributed by atoms with Gasteiger partial charge in [0, 0.05) is 26.6 Å². The summed E-state index contributed by atoms with van der Waals surface area (Å²) in [6, 6.07) is -0.139. The van der Waals surface area contributed by atoms with Gasteiger partial charge in [-0.3, -0.25) is 10.1 Å². The minimum atomic E-state index is -0.139. The van der Waals surface area contributed by atoms with Crippen LogP contribution in [0.25, 0.3) is 0 Å². The first-order valence-electron chi connectivity index (χ1n) is 6.72. The number of carbonyl (C=O) groups is 1. The van der Waals surface area contributed by atoms with Gasteiger partial charge in [0.05, 0.1) is 23.8 Å². The number of nitrogens with one attached hydrogen (secondary N) is 2. The fourth-order valence-electron chi connectivity index (χ4n) is 2.34. The van der Waals surface area contributed by atoms with Gasteiger partial charge in [-0.25, -0.2) is 4.98 Å². The second kappa shape index (κ2) is 6.16. The van der Waals surface area contributed by atoms with Crippen molar-refractivity contribution < 1.29 is 4.79 Å². The maximum atomic E-state index is 12.3. The summed E-state index contributed by atoms with van der Waals surface area (Å²) in [7, 11) is 5.97. The summed E-state index contributed by atoms with van der Waals surface area (Å²) >= 11 is 0. The van der Waals surface area contributed by atoms with Crippen LogP contribution >= 0.6 is 0 Å². The zero-order valence-corrected chi connectivity index (χ0v) is 11.9. The molecule has 1 unspecified atom stereocenters. The van der Waals surface area contributed by atoms with Crippen molar-refractivity contribution in [1.82, 2.24) is 25.1 Å². The number of nitrogens with zero attached hydrogens (tertiary/aromatic N) is 3. The maximum absolute atomic E-state index is 12.3. The van der Waals surface area contributed by atoms with E-state index in [1.807, 2.05) is 26.0 Å². The Labute approximate surface area is 114 Å². The molecule has 0 radical (unpaired) electrons.